The van der Waals surface area contributed by atoms with Gasteiger partial charge in [0, 0.05) is 12.2 Å². The van der Waals surface area contributed by atoms with Crippen LogP contribution in [0.25, 0.3) is 11.4 Å². The molecule has 32 heavy (non-hydrogen) atoms. The van der Waals surface area contributed by atoms with Crippen LogP contribution in [-0.4, -0.2) is 52.4 Å². The maximum Gasteiger partial charge on any atom is 0.237 e. The molecule has 4 rings (SSSR count). The number of aryl methyl sites for hydroxylation is 1. The number of rotatable bonds is 8. The number of benzene rings is 1. The summed E-state index contributed by atoms with van der Waals surface area (Å²) in [5, 5.41) is 9.16. The molecule has 3 heterocycles. The van der Waals surface area contributed by atoms with Gasteiger partial charge >= 0.3 is 0 Å². The molecule has 0 saturated carbocycles. The van der Waals surface area contributed by atoms with Gasteiger partial charge in [0.1, 0.15) is 5.76 Å². The summed E-state index contributed by atoms with van der Waals surface area (Å²) in [6, 6.07) is 10.7. The molecule has 2 aromatic heterocycles. The third-order valence-corrected chi connectivity index (χ3v) is 8.03. The molecule has 0 aliphatic carbocycles. The van der Waals surface area contributed by atoms with E-state index in [1.54, 1.807) is 17.2 Å². The quantitative estimate of drug-likeness (QED) is 0.366. The summed E-state index contributed by atoms with van der Waals surface area (Å²) < 4.78 is 31.4. The molecular formula is C22H24N4O4S2. The number of thioether (sulfide) groups is 1. The molecule has 1 amide bonds. The average molecular weight is 473 g/mol. The Balaban J connectivity index is 1.57. The lowest BCUT2D eigenvalue weighted by Gasteiger charge is -2.28. The fraction of sp³-hybridized carbons (Fsp3) is 0.318. The number of hydrogen-bond acceptors (Lipinski definition) is 7. The summed E-state index contributed by atoms with van der Waals surface area (Å²) in [6.07, 6.45) is 3.78. The zero-order valence-corrected chi connectivity index (χ0v) is 19.3. The highest BCUT2D eigenvalue weighted by Crippen LogP contribution is 2.29. The summed E-state index contributed by atoms with van der Waals surface area (Å²) in [5.41, 5.74) is 1.53. The first-order valence-corrected chi connectivity index (χ1v) is 13.0. The maximum absolute atomic E-state index is 13.3. The Morgan fingerprint density at radius 3 is 2.72 bits per heavy atom. The number of hydrogen-bond donors (Lipinski definition) is 0. The number of nitrogens with zero attached hydrogens (tertiary/aromatic N) is 4. The molecule has 0 radical (unpaired) electrons. The molecular weight excluding hydrogens is 448 g/mol. The number of carbonyl (C=O) groups excluding carboxylic acids is 1. The van der Waals surface area contributed by atoms with E-state index in [1.165, 1.54) is 11.8 Å². The van der Waals surface area contributed by atoms with E-state index in [1.807, 2.05) is 47.9 Å². The van der Waals surface area contributed by atoms with Crippen molar-refractivity contribution in [3.63, 3.8) is 0 Å². The molecule has 10 heteroatoms. The van der Waals surface area contributed by atoms with Crippen LogP contribution in [0.3, 0.4) is 0 Å². The third kappa shape index (κ3) is 4.66. The fourth-order valence-electron chi connectivity index (χ4n) is 3.83. The largest absolute Gasteiger partial charge is 0.469 e. The zero-order valence-electron chi connectivity index (χ0n) is 17.7. The van der Waals surface area contributed by atoms with Crippen LogP contribution in [0.1, 0.15) is 12.2 Å². The van der Waals surface area contributed by atoms with Crippen molar-refractivity contribution in [3.8, 4) is 11.4 Å². The molecule has 0 unspecified atom stereocenters. The Hall–Kier alpha value is -2.85. The fourth-order valence-corrected chi connectivity index (χ4v) is 6.33. The number of sulfone groups is 1. The van der Waals surface area contributed by atoms with E-state index in [2.05, 4.69) is 16.8 Å². The van der Waals surface area contributed by atoms with Crippen molar-refractivity contribution in [2.24, 2.45) is 0 Å². The van der Waals surface area contributed by atoms with Crippen molar-refractivity contribution in [2.75, 3.05) is 22.2 Å². The standard InChI is InChI=1S/C22H24N4O4S2/c1-3-11-25-21(19-9-12-30-16(19)2)23-24-22(25)31-14-20(27)26(17-7-5-4-6-8-17)18-10-13-32(28,29)15-18/h3-9,12,18H,1,10-11,13-15H2,2H3/t18-/m1/s1. The highest BCUT2D eigenvalue weighted by molar-refractivity contribution is 7.99. The number of para-hydroxylation sites is 1. The van der Waals surface area contributed by atoms with Crippen molar-refractivity contribution < 1.29 is 17.6 Å². The summed E-state index contributed by atoms with van der Waals surface area (Å²) in [7, 11) is -3.14. The van der Waals surface area contributed by atoms with Gasteiger partial charge in [0.25, 0.3) is 0 Å². The van der Waals surface area contributed by atoms with E-state index in [0.29, 0.717) is 29.6 Å². The van der Waals surface area contributed by atoms with E-state index in [4.69, 9.17) is 4.42 Å². The number of anilines is 1. The van der Waals surface area contributed by atoms with Crippen LogP contribution in [-0.2, 0) is 21.2 Å². The lowest BCUT2D eigenvalue weighted by atomic mass is 10.2. The molecule has 168 valence electrons. The van der Waals surface area contributed by atoms with Gasteiger partial charge in [0.05, 0.1) is 35.1 Å². The minimum absolute atomic E-state index is 0.0190. The second-order valence-corrected chi connectivity index (χ2v) is 10.7. The molecule has 1 saturated heterocycles. The maximum atomic E-state index is 13.3. The molecule has 0 spiro atoms. The Morgan fingerprint density at radius 2 is 2.09 bits per heavy atom. The first kappa shape index (κ1) is 22.3. The van der Waals surface area contributed by atoms with E-state index in [-0.39, 0.29) is 29.2 Å². The second-order valence-electron chi connectivity index (χ2n) is 7.54. The number of furan rings is 1. The van der Waals surface area contributed by atoms with Gasteiger partial charge in [-0.25, -0.2) is 8.42 Å². The molecule has 1 aromatic carbocycles. The molecule has 0 N–H and O–H groups in total. The molecule has 1 aliphatic rings. The monoisotopic (exact) mass is 472 g/mol. The lowest BCUT2D eigenvalue weighted by molar-refractivity contribution is -0.116. The highest BCUT2D eigenvalue weighted by atomic mass is 32.2. The summed E-state index contributed by atoms with van der Waals surface area (Å²) in [6.45, 7) is 6.14. The van der Waals surface area contributed by atoms with Crippen molar-refractivity contribution in [1.29, 1.82) is 0 Å². The van der Waals surface area contributed by atoms with Crippen LogP contribution in [0.2, 0.25) is 0 Å². The van der Waals surface area contributed by atoms with Crippen LogP contribution in [0, 0.1) is 6.92 Å². The van der Waals surface area contributed by atoms with Crippen LogP contribution < -0.4 is 4.90 Å². The first-order chi connectivity index (χ1) is 15.4. The zero-order chi connectivity index (χ0) is 22.7. The molecule has 1 fully saturated rings. The molecule has 1 atom stereocenters. The van der Waals surface area contributed by atoms with Crippen molar-refractivity contribution >= 4 is 33.2 Å². The van der Waals surface area contributed by atoms with E-state index < -0.39 is 9.84 Å². The SMILES string of the molecule is C=CCn1c(SCC(=O)N(c2ccccc2)[C@@H]2CCS(=O)(=O)C2)nnc1-c1ccoc1C. The van der Waals surface area contributed by atoms with E-state index in [0.717, 1.165) is 11.3 Å². The molecule has 1 aliphatic heterocycles. The predicted octanol–water partition coefficient (Wildman–Crippen LogP) is 3.34. The normalized spacial score (nSPS) is 17.3. The van der Waals surface area contributed by atoms with Gasteiger partial charge in [-0.1, -0.05) is 36.0 Å². The number of aromatic nitrogens is 3. The Morgan fingerprint density at radius 1 is 1.31 bits per heavy atom. The van der Waals surface area contributed by atoms with Crippen molar-refractivity contribution in [3.05, 3.63) is 61.1 Å². The van der Waals surface area contributed by atoms with Gasteiger partial charge in [0.2, 0.25) is 5.91 Å². The summed E-state index contributed by atoms with van der Waals surface area (Å²) in [4.78, 5) is 14.9. The minimum atomic E-state index is -3.14. The van der Waals surface area contributed by atoms with Crippen molar-refractivity contribution in [2.45, 2.75) is 31.1 Å². The number of amides is 1. The Kier molecular flexibility index (Phi) is 6.52. The lowest BCUT2D eigenvalue weighted by Crippen LogP contribution is -2.42. The predicted molar refractivity (Wildman–Crippen MR) is 124 cm³/mol. The van der Waals surface area contributed by atoms with E-state index in [9.17, 15) is 13.2 Å². The van der Waals surface area contributed by atoms with Gasteiger partial charge < -0.3 is 9.32 Å². The smallest absolute Gasteiger partial charge is 0.237 e. The molecule has 3 aromatic rings. The van der Waals surface area contributed by atoms with Gasteiger partial charge in [-0.05, 0) is 31.5 Å². The molecule has 8 nitrogen and oxygen atoms in total. The summed E-state index contributed by atoms with van der Waals surface area (Å²) >= 11 is 1.27. The summed E-state index contributed by atoms with van der Waals surface area (Å²) in [5.74, 6) is 1.39. The van der Waals surface area contributed by atoms with Crippen LogP contribution >= 0.6 is 11.8 Å². The van der Waals surface area contributed by atoms with Gasteiger partial charge in [0.15, 0.2) is 20.8 Å². The number of allylic oxidation sites excluding steroid dienone is 1. The van der Waals surface area contributed by atoms with Gasteiger partial charge in [-0.3, -0.25) is 9.36 Å². The number of carbonyl (C=O) groups is 1. The Bertz CT molecular complexity index is 1220. The average Bonchev–Trinajstić information content (AvgIpc) is 3.46. The van der Waals surface area contributed by atoms with Crippen LogP contribution in [0.15, 0.2) is 64.9 Å². The second kappa shape index (κ2) is 9.33. The third-order valence-electron chi connectivity index (χ3n) is 5.33. The van der Waals surface area contributed by atoms with Gasteiger partial charge in [-0.15, -0.1) is 16.8 Å². The highest BCUT2D eigenvalue weighted by Gasteiger charge is 2.35. The minimum Gasteiger partial charge on any atom is -0.469 e. The Labute approximate surface area is 191 Å². The first-order valence-electron chi connectivity index (χ1n) is 10.2. The molecule has 0 bridgehead atoms. The van der Waals surface area contributed by atoms with Crippen LogP contribution in [0.4, 0.5) is 5.69 Å². The van der Waals surface area contributed by atoms with E-state index >= 15 is 0 Å². The van der Waals surface area contributed by atoms with Crippen molar-refractivity contribution in [1.82, 2.24) is 14.8 Å². The van der Waals surface area contributed by atoms with Crippen LogP contribution in [0.5, 0.6) is 0 Å². The van der Waals surface area contributed by atoms with Gasteiger partial charge in [-0.2, -0.15) is 0 Å². The topological polar surface area (TPSA) is 98.3 Å².